The summed E-state index contributed by atoms with van der Waals surface area (Å²) in [6.45, 7) is 3.45. The van der Waals surface area contributed by atoms with Crippen LogP contribution in [0.3, 0.4) is 0 Å². The van der Waals surface area contributed by atoms with E-state index in [0.717, 1.165) is 6.20 Å². The number of hydrogen-bond donors (Lipinski definition) is 2. The normalized spacial score (nSPS) is 14.2. The van der Waals surface area contributed by atoms with Crippen molar-refractivity contribution in [1.29, 1.82) is 0 Å². The number of anilines is 1. The van der Waals surface area contributed by atoms with Gasteiger partial charge in [-0.1, -0.05) is 23.3 Å². The number of amides is 2. The summed E-state index contributed by atoms with van der Waals surface area (Å²) in [7, 11) is 0. The van der Waals surface area contributed by atoms with Gasteiger partial charge in [0.15, 0.2) is 5.69 Å². The molecule has 46 heavy (non-hydrogen) atoms. The highest BCUT2D eigenvalue weighted by molar-refractivity contribution is 7.90. The molecule has 0 aliphatic heterocycles. The summed E-state index contributed by atoms with van der Waals surface area (Å²) in [5, 5.41) is 7.79. The molecule has 2 heterocycles. The molecule has 2 aromatic heterocycles. The Morgan fingerprint density at radius 2 is 1.59 bits per heavy atom. The maximum absolute atomic E-state index is 14.0. The first-order valence-electron chi connectivity index (χ1n) is 12.8. The highest BCUT2D eigenvalue weighted by Crippen LogP contribution is 2.51. The van der Waals surface area contributed by atoms with Crippen LogP contribution in [0, 0.1) is 13.8 Å². The molecule has 0 saturated carbocycles. The molecule has 0 radical (unpaired) electrons. The van der Waals surface area contributed by atoms with E-state index < -0.39 is 76.9 Å². The zero-order valence-electron chi connectivity index (χ0n) is 24.1. The molecule has 2 amide bonds. The Hall–Kier alpha value is -3.94. The van der Waals surface area contributed by atoms with Gasteiger partial charge in [-0.2, -0.15) is 49.0 Å². The lowest BCUT2D eigenvalue weighted by molar-refractivity contribution is -0.302. The Morgan fingerprint density at radius 1 is 0.978 bits per heavy atom. The molecule has 1 unspecified atom stereocenters. The molecule has 0 bridgehead atoms. The first-order chi connectivity index (χ1) is 21.0. The van der Waals surface area contributed by atoms with Gasteiger partial charge in [0.2, 0.25) is 0 Å². The fourth-order valence-electron chi connectivity index (χ4n) is 4.15. The SMILES string of the molecule is Cc1cccc(C(=O)Nc2cnc(Cn3cc(C(F)(F)C(F)(F)F)c(C(F)(F)C(F)(F)F)n3)nc2C)c1C(=O)N[C@@H](C)C[S+](C)[O-]. The summed E-state index contributed by atoms with van der Waals surface area (Å²) < 4.78 is 145. The van der Waals surface area contributed by atoms with Crippen LogP contribution in [-0.4, -0.2) is 66.5 Å². The summed E-state index contributed by atoms with van der Waals surface area (Å²) in [6, 6.07) is 3.90. The minimum atomic E-state index is -6.55. The molecule has 2 N–H and O–H groups in total. The van der Waals surface area contributed by atoms with Crippen LogP contribution in [0.5, 0.6) is 0 Å². The summed E-state index contributed by atoms with van der Waals surface area (Å²) in [4.78, 5) is 33.8. The quantitative estimate of drug-likeness (QED) is 0.217. The molecule has 0 aliphatic rings. The van der Waals surface area contributed by atoms with Crippen molar-refractivity contribution in [2.45, 2.75) is 57.6 Å². The molecule has 9 nitrogen and oxygen atoms in total. The van der Waals surface area contributed by atoms with Gasteiger partial charge in [0.25, 0.3) is 11.8 Å². The average Bonchev–Trinajstić information content (AvgIpc) is 3.33. The third-order valence-corrected chi connectivity index (χ3v) is 7.27. The molecule has 3 aromatic rings. The van der Waals surface area contributed by atoms with Gasteiger partial charge in [-0.05, 0) is 32.4 Å². The van der Waals surface area contributed by atoms with E-state index in [1.54, 1.807) is 19.9 Å². The van der Waals surface area contributed by atoms with Crippen LogP contribution >= 0.6 is 0 Å². The standard InChI is InChI=1S/C26H24F10N6O3S/c1-12-6-5-7-15(19(12)22(44)38-13(2)11-46(4)45)21(43)40-17-8-37-18(39-14(17)3)10-42-9-16(23(27,28)25(31,32)33)20(41-42)24(29,30)26(34,35)36/h5-9,13H,10-11H2,1-4H3,(H,38,44)(H,40,43)/t13-,46?/m0/s1. The van der Waals surface area contributed by atoms with Crippen LogP contribution < -0.4 is 10.6 Å². The number of hydrogen-bond acceptors (Lipinski definition) is 6. The lowest BCUT2D eigenvalue weighted by Gasteiger charge is -2.23. The largest absolute Gasteiger partial charge is 0.616 e. The maximum atomic E-state index is 14.0. The van der Waals surface area contributed by atoms with Gasteiger partial charge in [-0.3, -0.25) is 14.3 Å². The van der Waals surface area contributed by atoms with Gasteiger partial charge in [-0.25, -0.2) is 9.97 Å². The third-order valence-electron chi connectivity index (χ3n) is 6.30. The Labute approximate surface area is 257 Å². The van der Waals surface area contributed by atoms with Crippen LogP contribution in [0.4, 0.5) is 49.6 Å². The lowest BCUT2D eigenvalue weighted by atomic mass is 10.00. The van der Waals surface area contributed by atoms with Crippen molar-refractivity contribution in [1.82, 2.24) is 25.1 Å². The zero-order chi connectivity index (χ0) is 35.0. The predicted octanol–water partition coefficient (Wildman–Crippen LogP) is 5.40. The Kier molecular flexibility index (Phi) is 10.4. The van der Waals surface area contributed by atoms with Crippen molar-refractivity contribution in [2.75, 3.05) is 17.3 Å². The van der Waals surface area contributed by atoms with Gasteiger partial charge in [0, 0.05) is 6.20 Å². The second-order valence-electron chi connectivity index (χ2n) is 10.1. The number of carbonyl (C=O) groups excluding carboxylic acids is 2. The Bertz CT molecular complexity index is 1560. The van der Waals surface area contributed by atoms with E-state index in [1.165, 1.54) is 25.3 Å². The van der Waals surface area contributed by atoms with Crippen LogP contribution in [0.15, 0.2) is 30.6 Å². The van der Waals surface area contributed by atoms with Gasteiger partial charge < -0.3 is 15.2 Å². The number of rotatable bonds is 10. The second kappa shape index (κ2) is 13.0. The number of carbonyl (C=O) groups is 2. The van der Waals surface area contributed by atoms with Crippen LogP contribution in [-0.2, 0) is 29.6 Å². The molecule has 0 fully saturated rings. The topological polar surface area (TPSA) is 125 Å². The second-order valence-corrected chi connectivity index (χ2v) is 11.6. The number of aromatic nitrogens is 4. The highest BCUT2D eigenvalue weighted by Gasteiger charge is 2.67. The monoisotopic (exact) mass is 690 g/mol. The van der Waals surface area contributed by atoms with E-state index in [0.29, 0.717) is 5.56 Å². The van der Waals surface area contributed by atoms with Gasteiger partial charge in [0.1, 0.15) is 18.1 Å². The molecule has 1 aromatic carbocycles. The fourth-order valence-corrected chi connectivity index (χ4v) is 4.94. The van der Waals surface area contributed by atoms with E-state index in [-0.39, 0.29) is 39.1 Å². The van der Waals surface area contributed by atoms with Gasteiger partial charge in [0.05, 0.1) is 46.6 Å². The van der Waals surface area contributed by atoms with E-state index in [2.05, 4.69) is 25.7 Å². The molecule has 252 valence electrons. The highest BCUT2D eigenvalue weighted by atomic mass is 32.2. The summed E-state index contributed by atoms with van der Waals surface area (Å²) in [5.41, 5.74) is -5.35. The molecule has 20 heteroatoms. The van der Waals surface area contributed by atoms with Gasteiger partial charge in [-0.15, -0.1) is 0 Å². The van der Waals surface area contributed by atoms with E-state index in [1.807, 2.05) is 0 Å². The lowest BCUT2D eigenvalue weighted by Crippen LogP contribution is -2.40. The smallest absolute Gasteiger partial charge is 0.459 e. The van der Waals surface area contributed by atoms with Crippen molar-refractivity contribution >= 4 is 28.7 Å². The first kappa shape index (κ1) is 36.5. The number of benzene rings is 1. The van der Waals surface area contributed by atoms with E-state index in [9.17, 15) is 58.0 Å². The van der Waals surface area contributed by atoms with Crippen molar-refractivity contribution in [3.63, 3.8) is 0 Å². The maximum Gasteiger partial charge on any atom is 0.459 e. The molecule has 2 atom stereocenters. The Morgan fingerprint density at radius 3 is 2.13 bits per heavy atom. The summed E-state index contributed by atoms with van der Waals surface area (Å²) in [5.74, 6) is -14.1. The van der Waals surface area contributed by atoms with Crippen LogP contribution in [0.2, 0.25) is 0 Å². The van der Waals surface area contributed by atoms with Crippen molar-refractivity contribution in [2.24, 2.45) is 0 Å². The molecular weight excluding hydrogens is 666 g/mol. The molecule has 3 rings (SSSR count). The van der Waals surface area contributed by atoms with Crippen molar-refractivity contribution < 1.29 is 58.0 Å². The molecule has 0 saturated heterocycles. The number of alkyl halides is 10. The third kappa shape index (κ3) is 7.71. The van der Waals surface area contributed by atoms with Crippen molar-refractivity contribution in [3.8, 4) is 0 Å². The van der Waals surface area contributed by atoms with Crippen LogP contribution in [0.25, 0.3) is 0 Å². The molecule has 0 aliphatic carbocycles. The molecule has 0 spiro atoms. The first-order valence-corrected chi connectivity index (χ1v) is 14.5. The van der Waals surface area contributed by atoms with E-state index in [4.69, 9.17) is 0 Å². The van der Waals surface area contributed by atoms with Crippen molar-refractivity contribution in [3.05, 3.63) is 70.1 Å². The fraction of sp³-hybridized carbons (Fsp3) is 0.423. The van der Waals surface area contributed by atoms with E-state index >= 15 is 0 Å². The summed E-state index contributed by atoms with van der Waals surface area (Å²) in [6.07, 6.45) is -11.0. The summed E-state index contributed by atoms with van der Waals surface area (Å²) >= 11 is -1.22. The molecular formula is C26H24F10N6O3S. The number of nitrogens with zero attached hydrogens (tertiary/aromatic N) is 4. The van der Waals surface area contributed by atoms with Crippen LogP contribution in [0.1, 0.15) is 56.0 Å². The number of aryl methyl sites for hydroxylation is 2. The average molecular weight is 691 g/mol. The zero-order valence-corrected chi connectivity index (χ0v) is 24.9. The predicted molar refractivity (Wildman–Crippen MR) is 143 cm³/mol. The minimum absolute atomic E-state index is 0.000495. The van der Waals surface area contributed by atoms with Gasteiger partial charge >= 0.3 is 24.2 Å². The Balaban J connectivity index is 1.90. The number of halogens is 10. The minimum Gasteiger partial charge on any atom is -0.616 e. The number of nitrogens with one attached hydrogen (secondary N) is 2.